The number of aliphatic hydroxyl groups excluding tert-OH is 1. The van der Waals surface area contributed by atoms with E-state index in [2.05, 4.69) is 4.98 Å². The van der Waals surface area contributed by atoms with E-state index >= 15 is 0 Å². The minimum Gasteiger partial charge on any atom is -0.490 e. The van der Waals surface area contributed by atoms with Gasteiger partial charge in [-0.15, -0.1) is 0 Å². The van der Waals surface area contributed by atoms with Crippen LogP contribution in [0.1, 0.15) is 5.56 Å². The van der Waals surface area contributed by atoms with Crippen molar-refractivity contribution in [1.82, 2.24) is 4.98 Å². The summed E-state index contributed by atoms with van der Waals surface area (Å²) in [6.45, 7) is 0.383. The molecule has 2 heterocycles. The summed E-state index contributed by atoms with van der Waals surface area (Å²) >= 11 is 0. The Morgan fingerprint density at radius 2 is 2.36 bits per heavy atom. The molecule has 14 heavy (non-hydrogen) atoms. The first-order chi connectivity index (χ1) is 6.84. The molecule has 0 bridgehead atoms. The van der Waals surface area contributed by atoms with Gasteiger partial charge >= 0.3 is 0 Å². The van der Waals surface area contributed by atoms with Crippen LogP contribution in [0.25, 0.3) is 10.9 Å². The smallest absolute Gasteiger partial charge is 0.129 e. The number of aliphatic hydroxyl groups is 1. The SMILES string of the molecule is OC1COc2cccc3[nH]cc(c23)C1. The molecule has 0 radical (unpaired) electrons. The second kappa shape index (κ2) is 2.75. The predicted molar refractivity (Wildman–Crippen MR) is 53.5 cm³/mol. The number of aromatic amines is 1. The average Bonchev–Trinajstić information content (AvgIpc) is 2.51. The largest absolute Gasteiger partial charge is 0.490 e. The number of nitrogens with one attached hydrogen (secondary N) is 1. The highest BCUT2D eigenvalue weighted by Crippen LogP contribution is 2.31. The summed E-state index contributed by atoms with van der Waals surface area (Å²) in [6, 6.07) is 5.91. The van der Waals surface area contributed by atoms with Gasteiger partial charge in [-0.1, -0.05) is 6.07 Å². The molecule has 0 saturated heterocycles. The number of hydrogen-bond donors (Lipinski definition) is 2. The molecule has 1 aromatic carbocycles. The van der Waals surface area contributed by atoms with Gasteiger partial charge in [0, 0.05) is 23.5 Å². The maximum Gasteiger partial charge on any atom is 0.129 e. The van der Waals surface area contributed by atoms with Crippen molar-refractivity contribution in [3.8, 4) is 5.75 Å². The van der Waals surface area contributed by atoms with Crippen LogP contribution in [0, 0.1) is 0 Å². The van der Waals surface area contributed by atoms with Crippen LogP contribution in [0.2, 0.25) is 0 Å². The highest BCUT2D eigenvalue weighted by Gasteiger charge is 2.17. The molecule has 0 saturated carbocycles. The van der Waals surface area contributed by atoms with Crippen molar-refractivity contribution in [2.75, 3.05) is 6.61 Å². The number of ether oxygens (including phenoxy) is 1. The lowest BCUT2D eigenvalue weighted by Crippen LogP contribution is -2.17. The van der Waals surface area contributed by atoms with Crippen LogP contribution < -0.4 is 4.74 Å². The van der Waals surface area contributed by atoms with Crippen LogP contribution in [0.15, 0.2) is 24.4 Å². The molecule has 1 aliphatic heterocycles. The van der Waals surface area contributed by atoms with Gasteiger partial charge in [0.05, 0.1) is 6.10 Å². The zero-order valence-corrected chi connectivity index (χ0v) is 7.66. The Hall–Kier alpha value is -1.48. The van der Waals surface area contributed by atoms with Crippen LogP contribution in [-0.2, 0) is 6.42 Å². The molecule has 3 nitrogen and oxygen atoms in total. The standard InChI is InChI=1S/C11H11NO2/c13-8-4-7-5-12-9-2-1-3-10(11(7)9)14-6-8/h1-3,5,8,12-13H,4,6H2. The van der Waals surface area contributed by atoms with Gasteiger partial charge in [-0.2, -0.15) is 0 Å². The molecule has 1 aliphatic rings. The Kier molecular flexibility index (Phi) is 1.55. The molecule has 1 unspecified atom stereocenters. The first-order valence-electron chi connectivity index (χ1n) is 4.74. The molecular weight excluding hydrogens is 178 g/mol. The molecule has 3 rings (SSSR count). The number of rotatable bonds is 0. The van der Waals surface area contributed by atoms with E-state index in [1.807, 2.05) is 24.4 Å². The Morgan fingerprint density at radius 3 is 3.29 bits per heavy atom. The number of hydrogen-bond acceptors (Lipinski definition) is 2. The maximum absolute atomic E-state index is 9.59. The fourth-order valence-electron chi connectivity index (χ4n) is 2.00. The van der Waals surface area contributed by atoms with Gasteiger partial charge in [-0.25, -0.2) is 0 Å². The third-order valence-corrected chi connectivity index (χ3v) is 2.64. The average molecular weight is 189 g/mol. The second-order valence-corrected chi connectivity index (χ2v) is 3.66. The minimum atomic E-state index is -0.401. The van der Waals surface area contributed by atoms with E-state index in [0.717, 1.165) is 22.2 Å². The lowest BCUT2D eigenvalue weighted by atomic mass is 10.1. The van der Waals surface area contributed by atoms with Crippen LogP contribution in [0.3, 0.4) is 0 Å². The monoisotopic (exact) mass is 189 g/mol. The van der Waals surface area contributed by atoms with Gasteiger partial charge in [-0.05, 0) is 17.7 Å². The molecule has 1 atom stereocenters. The summed E-state index contributed by atoms with van der Waals surface area (Å²) in [5.41, 5.74) is 2.22. The van der Waals surface area contributed by atoms with E-state index in [0.29, 0.717) is 13.0 Å². The van der Waals surface area contributed by atoms with Crippen LogP contribution in [0.4, 0.5) is 0 Å². The summed E-state index contributed by atoms with van der Waals surface area (Å²) in [6.07, 6.45) is 2.21. The molecule has 0 fully saturated rings. The number of H-pyrrole nitrogens is 1. The Morgan fingerprint density at radius 1 is 1.43 bits per heavy atom. The lowest BCUT2D eigenvalue weighted by molar-refractivity contribution is 0.112. The van der Waals surface area contributed by atoms with Crippen molar-refractivity contribution in [3.63, 3.8) is 0 Å². The minimum absolute atomic E-state index is 0.383. The third-order valence-electron chi connectivity index (χ3n) is 2.64. The van der Waals surface area contributed by atoms with Gasteiger partial charge in [-0.3, -0.25) is 0 Å². The summed E-state index contributed by atoms with van der Waals surface area (Å²) in [5.74, 6) is 0.871. The lowest BCUT2D eigenvalue weighted by Gasteiger charge is -2.07. The third kappa shape index (κ3) is 1.02. The van der Waals surface area contributed by atoms with Gasteiger partial charge in [0.15, 0.2) is 0 Å². The van der Waals surface area contributed by atoms with E-state index in [1.54, 1.807) is 0 Å². The molecule has 2 aromatic rings. The summed E-state index contributed by atoms with van der Waals surface area (Å²) in [5, 5.41) is 10.7. The highest BCUT2D eigenvalue weighted by atomic mass is 16.5. The van der Waals surface area contributed by atoms with E-state index in [4.69, 9.17) is 4.74 Å². The molecule has 1 aromatic heterocycles. The van der Waals surface area contributed by atoms with Crippen LogP contribution in [-0.4, -0.2) is 22.8 Å². The van der Waals surface area contributed by atoms with Gasteiger partial charge < -0.3 is 14.8 Å². The van der Waals surface area contributed by atoms with Crippen molar-refractivity contribution in [2.24, 2.45) is 0 Å². The maximum atomic E-state index is 9.59. The quantitative estimate of drug-likeness (QED) is 0.659. The summed E-state index contributed by atoms with van der Waals surface area (Å²) in [4.78, 5) is 3.18. The van der Waals surface area contributed by atoms with Crippen molar-refractivity contribution in [3.05, 3.63) is 30.0 Å². The first kappa shape index (κ1) is 7.88. The molecule has 2 N–H and O–H groups in total. The molecule has 0 spiro atoms. The highest BCUT2D eigenvalue weighted by molar-refractivity contribution is 5.89. The van der Waals surface area contributed by atoms with E-state index in [1.165, 1.54) is 0 Å². The van der Waals surface area contributed by atoms with E-state index < -0.39 is 6.10 Å². The fourth-order valence-corrected chi connectivity index (χ4v) is 2.00. The first-order valence-corrected chi connectivity index (χ1v) is 4.74. The Bertz CT molecular complexity index is 475. The molecule has 3 heteroatoms. The van der Waals surface area contributed by atoms with Gasteiger partial charge in [0.2, 0.25) is 0 Å². The van der Waals surface area contributed by atoms with E-state index in [-0.39, 0.29) is 0 Å². The number of aromatic nitrogens is 1. The van der Waals surface area contributed by atoms with Crippen molar-refractivity contribution < 1.29 is 9.84 Å². The zero-order chi connectivity index (χ0) is 9.54. The molecular formula is C11H11NO2. The zero-order valence-electron chi connectivity index (χ0n) is 7.66. The van der Waals surface area contributed by atoms with Gasteiger partial charge in [0.25, 0.3) is 0 Å². The van der Waals surface area contributed by atoms with Crippen LogP contribution in [0.5, 0.6) is 5.75 Å². The predicted octanol–water partition coefficient (Wildman–Crippen LogP) is 1.46. The Labute approximate surface area is 81.3 Å². The van der Waals surface area contributed by atoms with Crippen LogP contribution >= 0.6 is 0 Å². The van der Waals surface area contributed by atoms with Gasteiger partial charge in [0.1, 0.15) is 12.4 Å². The summed E-state index contributed by atoms with van der Waals surface area (Å²) in [7, 11) is 0. The topological polar surface area (TPSA) is 45.2 Å². The normalized spacial score (nSPS) is 20.5. The molecule has 0 amide bonds. The van der Waals surface area contributed by atoms with Crippen molar-refractivity contribution >= 4 is 10.9 Å². The second-order valence-electron chi connectivity index (χ2n) is 3.66. The van der Waals surface area contributed by atoms with E-state index in [9.17, 15) is 5.11 Å². The molecule has 72 valence electrons. The number of benzene rings is 1. The molecule has 0 aliphatic carbocycles. The summed E-state index contributed by atoms with van der Waals surface area (Å²) < 4.78 is 5.52. The fraction of sp³-hybridized carbons (Fsp3) is 0.273. The van der Waals surface area contributed by atoms with Crippen molar-refractivity contribution in [1.29, 1.82) is 0 Å². The van der Waals surface area contributed by atoms with Crippen molar-refractivity contribution in [2.45, 2.75) is 12.5 Å². The Balaban J connectivity index is 2.30.